The zero-order chi connectivity index (χ0) is 13.7. The van der Waals surface area contributed by atoms with E-state index in [0.717, 1.165) is 12.0 Å². The fourth-order valence-electron chi connectivity index (χ4n) is 1.57. The van der Waals surface area contributed by atoms with Gasteiger partial charge in [-0.25, -0.2) is 0 Å². The highest BCUT2D eigenvalue weighted by atomic mass is 79.9. The quantitative estimate of drug-likeness (QED) is 0.453. The van der Waals surface area contributed by atoms with Crippen molar-refractivity contribution in [2.24, 2.45) is 5.92 Å². The van der Waals surface area contributed by atoms with Crippen LogP contribution in [0.5, 0.6) is 5.75 Å². The number of hydrogen-bond donors (Lipinski definition) is 0. The minimum Gasteiger partial charge on any atom is -0.487 e. The maximum atomic E-state index is 10.9. The minimum atomic E-state index is -0.414. The summed E-state index contributed by atoms with van der Waals surface area (Å²) in [6.45, 7) is 6.51. The summed E-state index contributed by atoms with van der Waals surface area (Å²) in [5.74, 6) is 0.860. The highest BCUT2D eigenvalue weighted by Gasteiger charge is 2.17. The lowest BCUT2D eigenvalue weighted by Gasteiger charge is -2.14. The molecule has 0 heterocycles. The molecule has 0 aromatic heterocycles. The standard InChI is InChI=1S/C13H18BrNO3/c1-4-18-13-8-10(7-11(14)9(2)3)5-6-12(13)15(16)17/h5-6,8-9,11H,4,7H2,1-3H3. The van der Waals surface area contributed by atoms with Crippen LogP contribution in [0.2, 0.25) is 0 Å². The van der Waals surface area contributed by atoms with Gasteiger partial charge >= 0.3 is 5.69 Å². The third-order valence-corrected chi connectivity index (χ3v) is 4.06. The molecular formula is C13H18BrNO3. The zero-order valence-corrected chi connectivity index (χ0v) is 12.4. The summed E-state index contributed by atoms with van der Waals surface area (Å²) < 4.78 is 5.32. The van der Waals surface area contributed by atoms with Crippen molar-refractivity contribution in [3.63, 3.8) is 0 Å². The molecular weight excluding hydrogens is 298 g/mol. The number of nitro groups is 1. The Balaban J connectivity index is 2.96. The first-order valence-electron chi connectivity index (χ1n) is 5.99. The Morgan fingerprint density at radius 2 is 2.11 bits per heavy atom. The summed E-state index contributed by atoms with van der Waals surface area (Å²) in [4.78, 5) is 10.8. The Labute approximate surface area is 116 Å². The number of ether oxygens (including phenoxy) is 1. The molecule has 1 aromatic rings. The van der Waals surface area contributed by atoms with E-state index in [2.05, 4.69) is 29.8 Å². The monoisotopic (exact) mass is 315 g/mol. The second kappa shape index (κ2) is 6.73. The summed E-state index contributed by atoms with van der Waals surface area (Å²) in [5, 5.41) is 10.9. The van der Waals surface area contributed by atoms with Gasteiger partial charge in [-0.15, -0.1) is 0 Å². The molecule has 1 aromatic carbocycles. The van der Waals surface area contributed by atoms with Crippen molar-refractivity contribution in [1.29, 1.82) is 0 Å². The van der Waals surface area contributed by atoms with Gasteiger partial charge in [-0.3, -0.25) is 10.1 Å². The Bertz CT molecular complexity index is 421. The number of rotatable bonds is 6. The van der Waals surface area contributed by atoms with Crippen LogP contribution >= 0.6 is 15.9 Å². The Morgan fingerprint density at radius 3 is 2.61 bits per heavy atom. The van der Waals surface area contributed by atoms with Crippen LogP contribution in [0.4, 0.5) is 5.69 Å². The van der Waals surface area contributed by atoms with E-state index in [9.17, 15) is 10.1 Å². The summed E-state index contributed by atoms with van der Waals surface area (Å²) in [5.41, 5.74) is 1.07. The second-order valence-electron chi connectivity index (χ2n) is 4.46. The molecule has 100 valence electrons. The molecule has 0 aliphatic carbocycles. The SMILES string of the molecule is CCOc1cc(CC(Br)C(C)C)ccc1[N+](=O)[O-]. The summed E-state index contributed by atoms with van der Waals surface area (Å²) in [7, 11) is 0. The van der Waals surface area contributed by atoms with Crippen LogP contribution < -0.4 is 4.74 Å². The topological polar surface area (TPSA) is 52.4 Å². The number of alkyl halides is 1. The van der Waals surface area contributed by atoms with Gasteiger partial charge in [0.15, 0.2) is 5.75 Å². The zero-order valence-electron chi connectivity index (χ0n) is 10.9. The van der Waals surface area contributed by atoms with Crippen LogP contribution in [-0.4, -0.2) is 16.4 Å². The molecule has 0 N–H and O–H groups in total. The van der Waals surface area contributed by atoms with Gasteiger partial charge < -0.3 is 4.74 Å². The lowest BCUT2D eigenvalue weighted by atomic mass is 10.0. The molecule has 1 rings (SSSR count). The van der Waals surface area contributed by atoms with E-state index in [1.807, 2.05) is 6.92 Å². The molecule has 0 radical (unpaired) electrons. The van der Waals surface area contributed by atoms with E-state index >= 15 is 0 Å². The molecule has 4 nitrogen and oxygen atoms in total. The molecule has 5 heteroatoms. The van der Waals surface area contributed by atoms with Crippen molar-refractivity contribution in [2.75, 3.05) is 6.61 Å². The smallest absolute Gasteiger partial charge is 0.310 e. The summed E-state index contributed by atoms with van der Waals surface area (Å²) in [6.07, 6.45) is 0.829. The maximum absolute atomic E-state index is 10.9. The third kappa shape index (κ3) is 3.98. The van der Waals surface area contributed by atoms with Gasteiger partial charge in [0.1, 0.15) is 0 Å². The molecule has 0 saturated carbocycles. The van der Waals surface area contributed by atoms with E-state index < -0.39 is 4.92 Å². The van der Waals surface area contributed by atoms with Crippen molar-refractivity contribution >= 4 is 21.6 Å². The van der Waals surface area contributed by atoms with Crippen LogP contribution in [0.25, 0.3) is 0 Å². The van der Waals surface area contributed by atoms with Gasteiger partial charge in [0.25, 0.3) is 0 Å². The molecule has 18 heavy (non-hydrogen) atoms. The van der Waals surface area contributed by atoms with Crippen LogP contribution in [0.15, 0.2) is 18.2 Å². The second-order valence-corrected chi connectivity index (χ2v) is 5.63. The molecule has 1 atom stereocenters. The van der Waals surface area contributed by atoms with E-state index in [0.29, 0.717) is 23.1 Å². The minimum absolute atomic E-state index is 0.0243. The molecule has 0 saturated heterocycles. The highest BCUT2D eigenvalue weighted by molar-refractivity contribution is 9.09. The van der Waals surface area contributed by atoms with E-state index in [1.54, 1.807) is 12.1 Å². The molecule has 1 unspecified atom stereocenters. The first kappa shape index (κ1) is 15.0. The average Bonchev–Trinajstić information content (AvgIpc) is 2.29. The van der Waals surface area contributed by atoms with Crippen molar-refractivity contribution in [3.05, 3.63) is 33.9 Å². The molecule has 0 spiro atoms. The van der Waals surface area contributed by atoms with Gasteiger partial charge in [-0.2, -0.15) is 0 Å². The van der Waals surface area contributed by atoms with E-state index in [-0.39, 0.29) is 5.69 Å². The van der Waals surface area contributed by atoms with Gasteiger partial charge in [0.2, 0.25) is 0 Å². The van der Waals surface area contributed by atoms with Crippen molar-refractivity contribution < 1.29 is 9.66 Å². The van der Waals surface area contributed by atoms with Crippen LogP contribution in [-0.2, 0) is 6.42 Å². The van der Waals surface area contributed by atoms with Crippen molar-refractivity contribution in [3.8, 4) is 5.75 Å². The predicted molar refractivity (Wildman–Crippen MR) is 75.5 cm³/mol. The van der Waals surface area contributed by atoms with Crippen molar-refractivity contribution in [2.45, 2.75) is 32.0 Å². The lowest BCUT2D eigenvalue weighted by molar-refractivity contribution is -0.385. The van der Waals surface area contributed by atoms with Crippen LogP contribution in [0, 0.1) is 16.0 Å². The van der Waals surface area contributed by atoms with Crippen LogP contribution in [0.3, 0.4) is 0 Å². The number of benzene rings is 1. The highest BCUT2D eigenvalue weighted by Crippen LogP contribution is 2.29. The third-order valence-electron chi connectivity index (χ3n) is 2.67. The van der Waals surface area contributed by atoms with Gasteiger partial charge in [0, 0.05) is 10.9 Å². The average molecular weight is 316 g/mol. The number of nitrogens with zero attached hydrogens (tertiary/aromatic N) is 1. The predicted octanol–water partition coefficient (Wildman–Crippen LogP) is 3.96. The molecule has 0 aliphatic rings. The van der Waals surface area contributed by atoms with Gasteiger partial charge in [0.05, 0.1) is 11.5 Å². The van der Waals surface area contributed by atoms with Gasteiger partial charge in [-0.1, -0.05) is 35.8 Å². The Morgan fingerprint density at radius 1 is 1.44 bits per heavy atom. The van der Waals surface area contributed by atoms with Crippen LogP contribution in [0.1, 0.15) is 26.3 Å². The molecule has 0 aliphatic heterocycles. The number of hydrogen-bond acceptors (Lipinski definition) is 3. The first-order valence-corrected chi connectivity index (χ1v) is 6.91. The molecule has 0 fully saturated rings. The summed E-state index contributed by atoms with van der Waals surface area (Å²) >= 11 is 3.62. The van der Waals surface area contributed by atoms with E-state index in [4.69, 9.17) is 4.74 Å². The van der Waals surface area contributed by atoms with E-state index in [1.165, 1.54) is 6.07 Å². The fraction of sp³-hybridized carbons (Fsp3) is 0.538. The van der Waals surface area contributed by atoms with Gasteiger partial charge in [-0.05, 0) is 30.9 Å². The van der Waals surface area contributed by atoms with Crippen molar-refractivity contribution in [1.82, 2.24) is 0 Å². The molecule has 0 bridgehead atoms. The lowest BCUT2D eigenvalue weighted by Crippen LogP contribution is -2.10. The largest absolute Gasteiger partial charge is 0.487 e. The Kier molecular flexibility index (Phi) is 5.59. The maximum Gasteiger partial charge on any atom is 0.310 e. The fourth-order valence-corrected chi connectivity index (χ4v) is 1.94. The molecule has 0 amide bonds. The number of nitro benzene ring substituents is 1. The number of halogens is 1. The normalized spacial score (nSPS) is 12.5. The summed E-state index contributed by atoms with van der Waals surface area (Å²) in [6, 6.07) is 5.07. The first-order chi connectivity index (χ1) is 8.45. The Hall–Kier alpha value is -1.10.